The van der Waals surface area contributed by atoms with Crippen molar-refractivity contribution >= 4 is 12.1 Å². The van der Waals surface area contributed by atoms with Crippen molar-refractivity contribution < 1.29 is 23.8 Å². The lowest BCUT2D eigenvalue weighted by molar-refractivity contribution is -0.151. The molecule has 0 aliphatic carbocycles. The van der Waals surface area contributed by atoms with Crippen molar-refractivity contribution in [2.24, 2.45) is 0 Å². The number of benzene rings is 2. The number of alkyl carbamates (subject to hydrolysis) is 1. The molecule has 1 saturated heterocycles. The van der Waals surface area contributed by atoms with Gasteiger partial charge in [0, 0.05) is 19.4 Å². The number of carbonyl (C=O) groups excluding carboxylic acids is 2. The Kier molecular flexibility index (Phi) is 10.4. The third kappa shape index (κ3) is 11.0. The van der Waals surface area contributed by atoms with E-state index in [-0.39, 0.29) is 12.2 Å². The first-order valence-electron chi connectivity index (χ1n) is 11.5. The Morgan fingerprint density at radius 1 is 1.06 bits per heavy atom. The molecule has 33 heavy (non-hydrogen) atoms. The first kappa shape index (κ1) is 26.4. The van der Waals surface area contributed by atoms with Crippen molar-refractivity contribution in [3.8, 4) is 0 Å². The number of ether oxygens (including phenoxy) is 3. The van der Waals surface area contributed by atoms with Gasteiger partial charge in [0.2, 0.25) is 0 Å². The van der Waals surface area contributed by atoms with Gasteiger partial charge in [0.1, 0.15) is 17.7 Å². The number of esters is 1. The second-order valence-corrected chi connectivity index (χ2v) is 9.31. The van der Waals surface area contributed by atoms with E-state index in [4.69, 9.17) is 14.2 Å². The van der Waals surface area contributed by atoms with Crippen LogP contribution in [0.3, 0.4) is 0 Å². The molecule has 1 N–H and O–H groups in total. The Bertz CT molecular complexity index is 848. The van der Waals surface area contributed by atoms with Gasteiger partial charge >= 0.3 is 12.1 Å². The molecule has 6 nitrogen and oxygen atoms in total. The van der Waals surface area contributed by atoms with Crippen molar-refractivity contribution in [3.05, 3.63) is 71.8 Å². The quantitative estimate of drug-likeness (QED) is 0.642. The minimum atomic E-state index is -0.775. The number of carbonyl (C=O) groups is 2. The SMILES string of the molecule is CC1CC(Cc2ccccc2)OCC[C@H](NC(=O)OC(C)(C)C)C(=O)O1.Cc1ccccc1. The number of aryl methyl sites for hydroxylation is 1. The lowest BCUT2D eigenvalue weighted by Gasteiger charge is -2.23. The zero-order chi connectivity index (χ0) is 24.3. The highest BCUT2D eigenvalue weighted by Crippen LogP contribution is 2.17. The molecule has 1 aliphatic rings. The molecule has 0 aromatic heterocycles. The van der Waals surface area contributed by atoms with Crippen molar-refractivity contribution in [1.29, 1.82) is 0 Å². The van der Waals surface area contributed by atoms with Crippen LogP contribution in [0.25, 0.3) is 0 Å². The fraction of sp³-hybridized carbons (Fsp3) is 0.481. The van der Waals surface area contributed by atoms with Crippen LogP contribution in [-0.4, -0.2) is 42.5 Å². The standard InChI is InChI=1S/C20H29NO5.C7H8/c1-14-12-16(13-15-8-6-5-7-9-15)24-11-10-17(18(22)25-14)21-19(23)26-20(2,3)4;1-7-5-3-2-4-6-7/h5-9,14,16-17H,10-13H2,1-4H3,(H,21,23);2-6H,1H3/t14?,16?,17-;/m0./s1. The van der Waals surface area contributed by atoms with Crippen LogP contribution in [0.2, 0.25) is 0 Å². The van der Waals surface area contributed by atoms with E-state index in [2.05, 4.69) is 36.5 Å². The number of nitrogens with one attached hydrogen (secondary N) is 1. The summed E-state index contributed by atoms with van der Waals surface area (Å²) in [4.78, 5) is 24.3. The maximum atomic E-state index is 12.3. The van der Waals surface area contributed by atoms with Crippen LogP contribution < -0.4 is 5.32 Å². The second kappa shape index (κ2) is 13.0. The molecule has 2 unspecified atom stereocenters. The summed E-state index contributed by atoms with van der Waals surface area (Å²) < 4.78 is 16.7. The lowest BCUT2D eigenvalue weighted by atomic mass is 10.0. The van der Waals surface area contributed by atoms with Gasteiger partial charge in [0.15, 0.2) is 0 Å². The molecule has 6 heteroatoms. The zero-order valence-corrected chi connectivity index (χ0v) is 20.4. The maximum absolute atomic E-state index is 12.3. The summed E-state index contributed by atoms with van der Waals surface area (Å²) in [5.41, 5.74) is 1.87. The number of hydrogen-bond donors (Lipinski definition) is 1. The molecule has 0 radical (unpaired) electrons. The molecule has 0 saturated carbocycles. The van der Waals surface area contributed by atoms with Crippen molar-refractivity contribution in [2.45, 2.75) is 77.7 Å². The smallest absolute Gasteiger partial charge is 0.408 e. The van der Waals surface area contributed by atoms with Crippen LogP contribution in [0.1, 0.15) is 51.7 Å². The van der Waals surface area contributed by atoms with Gasteiger partial charge in [0.05, 0.1) is 6.10 Å². The summed E-state index contributed by atoms with van der Waals surface area (Å²) in [5.74, 6) is -0.452. The van der Waals surface area contributed by atoms with Gasteiger partial charge < -0.3 is 19.5 Å². The molecule has 1 amide bonds. The third-order valence-corrected chi connectivity index (χ3v) is 4.89. The van der Waals surface area contributed by atoms with E-state index < -0.39 is 23.7 Å². The highest BCUT2D eigenvalue weighted by molar-refractivity contribution is 5.81. The number of amides is 1. The monoisotopic (exact) mass is 455 g/mol. The van der Waals surface area contributed by atoms with Gasteiger partial charge in [-0.05, 0) is 46.6 Å². The van der Waals surface area contributed by atoms with Crippen molar-refractivity contribution in [3.63, 3.8) is 0 Å². The number of cyclic esters (lactones) is 1. The average Bonchev–Trinajstić information content (AvgIpc) is 2.78. The Labute approximate surface area is 197 Å². The fourth-order valence-corrected chi connectivity index (χ4v) is 3.37. The van der Waals surface area contributed by atoms with E-state index in [0.717, 1.165) is 6.42 Å². The first-order chi connectivity index (χ1) is 15.6. The molecule has 2 aromatic carbocycles. The van der Waals surface area contributed by atoms with Crippen molar-refractivity contribution in [2.75, 3.05) is 6.61 Å². The van der Waals surface area contributed by atoms with Gasteiger partial charge in [-0.3, -0.25) is 0 Å². The summed E-state index contributed by atoms with van der Waals surface area (Å²) in [6.45, 7) is 9.60. The van der Waals surface area contributed by atoms with Gasteiger partial charge in [-0.15, -0.1) is 0 Å². The highest BCUT2D eigenvalue weighted by Gasteiger charge is 2.29. The Morgan fingerprint density at radius 2 is 1.67 bits per heavy atom. The summed E-state index contributed by atoms with van der Waals surface area (Å²) in [5, 5.41) is 2.59. The predicted octanol–water partition coefficient (Wildman–Crippen LogP) is 5.23. The van der Waals surface area contributed by atoms with Crippen LogP contribution in [0.4, 0.5) is 4.79 Å². The van der Waals surface area contributed by atoms with E-state index in [9.17, 15) is 9.59 Å². The zero-order valence-electron chi connectivity index (χ0n) is 20.4. The molecule has 180 valence electrons. The molecule has 0 spiro atoms. The molecular weight excluding hydrogens is 418 g/mol. The summed E-state index contributed by atoms with van der Waals surface area (Å²) in [7, 11) is 0. The first-order valence-corrected chi connectivity index (χ1v) is 11.5. The molecule has 0 bridgehead atoms. The summed E-state index contributed by atoms with van der Waals surface area (Å²) in [6.07, 6.45) is 0.743. The Hall–Kier alpha value is -2.86. The Morgan fingerprint density at radius 3 is 2.21 bits per heavy atom. The largest absolute Gasteiger partial charge is 0.461 e. The lowest BCUT2D eigenvalue weighted by Crippen LogP contribution is -2.45. The van der Waals surface area contributed by atoms with E-state index in [1.807, 2.05) is 43.3 Å². The molecule has 1 aliphatic heterocycles. The second-order valence-electron chi connectivity index (χ2n) is 9.31. The minimum Gasteiger partial charge on any atom is -0.461 e. The van der Waals surface area contributed by atoms with Crippen LogP contribution in [0.5, 0.6) is 0 Å². The molecule has 2 aromatic rings. The number of hydrogen-bond acceptors (Lipinski definition) is 5. The van der Waals surface area contributed by atoms with Crippen LogP contribution >= 0.6 is 0 Å². The van der Waals surface area contributed by atoms with Crippen LogP contribution in [-0.2, 0) is 25.4 Å². The number of rotatable bonds is 3. The molecule has 1 fully saturated rings. The average molecular weight is 456 g/mol. The molecule has 3 rings (SSSR count). The fourth-order valence-electron chi connectivity index (χ4n) is 3.37. The van der Waals surface area contributed by atoms with Gasteiger partial charge in [-0.2, -0.15) is 0 Å². The molecular formula is C27H37NO5. The van der Waals surface area contributed by atoms with E-state index in [1.165, 1.54) is 11.1 Å². The summed E-state index contributed by atoms with van der Waals surface area (Å²) in [6, 6.07) is 19.6. The highest BCUT2D eigenvalue weighted by atomic mass is 16.6. The maximum Gasteiger partial charge on any atom is 0.408 e. The van der Waals surface area contributed by atoms with Crippen LogP contribution in [0.15, 0.2) is 60.7 Å². The normalized spacial score (nSPS) is 21.2. The molecule has 1 heterocycles. The minimum absolute atomic E-state index is 0.0412. The predicted molar refractivity (Wildman–Crippen MR) is 129 cm³/mol. The van der Waals surface area contributed by atoms with Crippen LogP contribution in [0, 0.1) is 6.92 Å². The third-order valence-electron chi connectivity index (χ3n) is 4.89. The van der Waals surface area contributed by atoms with Crippen molar-refractivity contribution in [1.82, 2.24) is 5.32 Å². The summed E-state index contributed by atoms with van der Waals surface area (Å²) >= 11 is 0. The van der Waals surface area contributed by atoms with E-state index >= 15 is 0 Å². The van der Waals surface area contributed by atoms with Gasteiger partial charge in [-0.25, -0.2) is 9.59 Å². The van der Waals surface area contributed by atoms with Gasteiger partial charge in [0.25, 0.3) is 0 Å². The van der Waals surface area contributed by atoms with E-state index in [1.54, 1.807) is 20.8 Å². The molecule has 3 atom stereocenters. The Balaban J connectivity index is 0.000000468. The van der Waals surface area contributed by atoms with E-state index in [0.29, 0.717) is 19.4 Å². The van der Waals surface area contributed by atoms with Gasteiger partial charge in [-0.1, -0.05) is 66.2 Å². The topological polar surface area (TPSA) is 73.9 Å².